The Morgan fingerprint density at radius 3 is 2.65 bits per heavy atom. The molecule has 0 aliphatic heterocycles. The maximum Gasteiger partial charge on any atom is 0.126 e. The molecule has 1 rings (SSSR count). The van der Waals surface area contributed by atoms with Crippen LogP contribution in [-0.4, -0.2) is 10.9 Å². The highest BCUT2D eigenvalue weighted by molar-refractivity contribution is 7.99. The van der Waals surface area contributed by atoms with Crippen LogP contribution >= 0.6 is 11.8 Å². The van der Waals surface area contributed by atoms with Crippen molar-refractivity contribution in [2.45, 2.75) is 51.0 Å². The van der Waals surface area contributed by atoms with Crippen LogP contribution < -0.4 is 0 Å². The van der Waals surface area contributed by atoms with Crippen LogP contribution in [0.1, 0.15) is 50.3 Å². The third-order valence-corrected chi connectivity index (χ3v) is 3.90. The van der Waals surface area contributed by atoms with Gasteiger partial charge in [0.2, 0.25) is 0 Å². The predicted molar refractivity (Wildman–Crippen MR) is 72.0 cm³/mol. The Morgan fingerprint density at radius 1 is 1.35 bits per heavy atom. The first kappa shape index (κ1) is 14.5. The molecule has 0 bridgehead atoms. The lowest BCUT2D eigenvalue weighted by molar-refractivity contribution is 0.196. The molecular formula is C14H21FOS. The fraction of sp³-hybridized carbons (Fsp3) is 0.571. The molecule has 96 valence electrons. The van der Waals surface area contributed by atoms with Crippen LogP contribution in [0.5, 0.6) is 0 Å². The molecule has 0 spiro atoms. The highest BCUT2D eigenvalue weighted by Crippen LogP contribution is 2.30. The standard InChI is InChI=1S/C14H21FOS/c1-4-5-6-7-17-14-8-10(2)13(15)9-12(14)11(3)16/h8-9,11,16H,4-7H2,1-3H3/t11-/m0/s1. The average molecular weight is 256 g/mol. The molecule has 0 saturated heterocycles. The minimum Gasteiger partial charge on any atom is -0.389 e. The van der Waals surface area contributed by atoms with E-state index in [4.69, 9.17) is 0 Å². The molecule has 1 atom stereocenters. The predicted octanol–water partition coefficient (Wildman–Crippen LogP) is 4.47. The molecule has 1 aromatic carbocycles. The van der Waals surface area contributed by atoms with Crippen molar-refractivity contribution in [1.29, 1.82) is 0 Å². The summed E-state index contributed by atoms with van der Waals surface area (Å²) < 4.78 is 13.4. The Bertz CT molecular complexity index is 363. The normalized spacial score (nSPS) is 12.8. The minimum atomic E-state index is -0.612. The first-order valence-corrected chi connectivity index (χ1v) is 7.15. The monoisotopic (exact) mass is 256 g/mol. The largest absolute Gasteiger partial charge is 0.389 e. The van der Waals surface area contributed by atoms with Gasteiger partial charge in [-0.2, -0.15) is 0 Å². The van der Waals surface area contributed by atoms with Crippen molar-refractivity contribution in [3.63, 3.8) is 0 Å². The van der Waals surface area contributed by atoms with E-state index in [1.54, 1.807) is 25.6 Å². The summed E-state index contributed by atoms with van der Waals surface area (Å²) in [7, 11) is 0. The van der Waals surface area contributed by atoms with Crippen molar-refractivity contribution in [2.24, 2.45) is 0 Å². The van der Waals surface area contributed by atoms with E-state index in [1.165, 1.54) is 18.9 Å². The molecule has 0 amide bonds. The Hall–Kier alpha value is -0.540. The second-order valence-corrected chi connectivity index (χ2v) is 5.51. The molecule has 1 aromatic rings. The fourth-order valence-corrected chi connectivity index (χ4v) is 2.88. The number of benzene rings is 1. The second kappa shape index (κ2) is 7.02. The number of rotatable bonds is 6. The van der Waals surface area contributed by atoms with Gasteiger partial charge in [-0.25, -0.2) is 4.39 Å². The highest BCUT2D eigenvalue weighted by atomic mass is 32.2. The van der Waals surface area contributed by atoms with E-state index in [0.717, 1.165) is 17.1 Å². The Kier molecular flexibility index (Phi) is 6.00. The van der Waals surface area contributed by atoms with Gasteiger partial charge in [-0.15, -0.1) is 11.8 Å². The maximum absolute atomic E-state index is 13.4. The van der Waals surface area contributed by atoms with Crippen LogP contribution in [0, 0.1) is 12.7 Å². The average Bonchev–Trinajstić information content (AvgIpc) is 2.28. The number of halogens is 1. The molecule has 0 aromatic heterocycles. The lowest BCUT2D eigenvalue weighted by Gasteiger charge is -2.13. The third-order valence-electron chi connectivity index (χ3n) is 2.75. The van der Waals surface area contributed by atoms with Crippen molar-refractivity contribution >= 4 is 11.8 Å². The number of unbranched alkanes of at least 4 members (excludes halogenated alkanes) is 2. The molecule has 0 radical (unpaired) electrons. The van der Waals surface area contributed by atoms with Crippen LogP contribution in [0.15, 0.2) is 17.0 Å². The molecule has 0 aliphatic rings. The zero-order valence-electron chi connectivity index (χ0n) is 10.8. The van der Waals surface area contributed by atoms with E-state index in [2.05, 4.69) is 6.92 Å². The summed E-state index contributed by atoms with van der Waals surface area (Å²) in [6.45, 7) is 5.62. The summed E-state index contributed by atoms with van der Waals surface area (Å²) in [6.07, 6.45) is 2.97. The van der Waals surface area contributed by atoms with Gasteiger partial charge in [0.25, 0.3) is 0 Å². The van der Waals surface area contributed by atoms with Gasteiger partial charge in [0.05, 0.1) is 6.10 Å². The topological polar surface area (TPSA) is 20.2 Å². The lowest BCUT2D eigenvalue weighted by atomic mass is 10.1. The number of hydrogen-bond acceptors (Lipinski definition) is 2. The molecule has 0 fully saturated rings. The lowest BCUT2D eigenvalue weighted by Crippen LogP contribution is -1.98. The van der Waals surface area contributed by atoms with Crippen LogP contribution in [0.4, 0.5) is 4.39 Å². The van der Waals surface area contributed by atoms with Crippen LogP contribution in [-0.2, 0) is 0 Å². The Labute approximate surface area is 107 Å². The number of aliphatic hydroxyl groups excluding tert-OH is 1. The molecule has 0 saturated carbocycles. The fourth-order valence-electron chi connectivity index (χ4n) is 1.66. The van der Waals surface area contributed by atoms with Gasteiger partial charge in [-0.3, -0.25) is 0 Å². The van der Waals surface area contributed by atoms with Gasteiger partial charge in [0, 0.05) is 4.90 Å². The zero-order chi connectivity index (χ0) is 12.8. The Morgan fingerprint density at radius 2 is 2.06 bits per heavy atom. The first-order valence-electron chi connectivity index (χ1n) is 6.17. The molecule has 0 aliphatic carbocycles. The highest BCUT2D eigenvalue weighted by Gasteiger charge is 2.11. The summed E-state index contributed by atoms with van der Waals surface area (Å²) in [6, 6.07) is 3.30. The number of hydrogen-bond donors (Lipinski definition) is 1. The van der Waals surface area contributed by atoms with Crippen molar-refractivity contribution in [3.05, 3.63) is 29.1 Å². The maximum atomic E-state index is 13.4. The first-order chi connectivity index (χ1) is 8.06. The molecule has 0 unspecified atom stereocenters. The van der Waals surface area contributed by atoms with Gasteiger partial charge in [0.15, 0.2) is 0 Å². The molecular weight excluding hydrogens is 235 g/mol. The van der Waals surface area contributed by atoms with E-state index in [9.17, 15) is 9.50 Å². The van der Waals surface area contributed by atoms with Crippen LogP contribution in [0.25, 0.3) is 0 Å². The quantitative estimate of drug-likeness (QED) is 0.598. The number of thioether (sulfide) groups is 1. The van der Waals surface area contributed by atoms with Crippen molar-refractivity contribution in [3.8, 4) is 0 Å². The molecule has 17 heavy (non-hydrogen) atoms. The van der Waals surface area contributed by atoms with Gasteiger partial charge in [-0.1, -0.05) is 19.8 Å². The number of aliphatic hydroxyl groups is 1. The second-order valence-electron chi connectivity index (χ2n) is 4.37. The van der Waals surface area contributed by atoms with E-state index in [0.29, 0.717) is 11.1 Å². The van der Waals surface area contributed by atoms with Crippen molar-refractivity contribution in [1.82, 2.24) is 0 Å². The van der Waals surface area contributed by atoms with Gasteiger partial charge in [-0.05, 0) is 49.3 Å². The van der Waals surface area contributed by atoms with Gasteiger partial charge in [0.1, 0.15) is 5.82 Å². The van der Waals surface area contributed by atoms with E-state index < -0.39 is 6.10 Å². The van der Waals surface area contributed by atoms with Crippen LogP contribution in [0.2, 0.25) is 0 Å². The number of aryl methyl sites for hydroxylation is 1. The summed E-state index contributed by atoms with van der Waals surface area (Å²) in [4.78, 5) is 1.01. The van der Waals surface area contributed by atoms with Crippen LogP contribution in [0.3, 0.4) is 0 Å². The zero-order valence-corrected chi connectivity index (χ0v) is 11.6. The molecule has 1 nitrogen and oxygen atoms in total. The summed E-state index contributed by atoms with van der Waals surface area (Å²) in [5.74, 6) is 0.789. The van der Waals surface area contributed by atoms with Crippen molar-refractivity contribution in [2.75, 3.05) is 5.75 Å². The summed E-state index contributed by atoms with van der Waals surface area (Å²) in [5.41, 5.74) is 1.35. The minimum absolute atomic E-state index is 0.237. The molecule has 0 heterocycles. The van der Waals surface area contributed by atoms with Gasteiger partial charge < -0.3 is 5.11 Å². The molecule has 1 N–H and O–H groups in total. The molecule has 3 heteroatoms. The van der Waals surface area contributed by atoms with Gasteiger partial charge >= 0.3 is 0 Å². The van der Waals surface area contributed by atoms with E-state index in [-0.39, 0.29) is 5.82 Å². The van der Waals surface area contributed by atoms with Crippen molar-refractivity contribution < 1.29 is 9.50 Å². The SMILES string of the molecule is CCCCCSc1cc(C)c(F)cc1[C@H](C)O. The summed E-state index contributed by atoms with van der Waals surface area (Å²) in [5, 5.41) is 9.64. The van der Waals surface area contributed by atoms with E-state index >= 15 is 0 Å². The smallest absolute Gasteiger partial charge is 0.126 e. The summed E-state index contributed by atoms with van der Waals surface area (Å²) >= 11 is 1.71. The third kappa shape index (κ3) is 4.32. The van der Waals surface area contributed by atoms with E-state index in [1.807, 2.05) is 6.07 Å². The Balaban J connectivity index is 2.78.